The molecule has 0 saturated carbocycles. The van der Waals surface area contributed by atoms with Crippen molar-refractivity contribution in [3.05, 3.63) is 63.6 Å². The number of ether oxygens (including phenoxy) is 1. The van der Waals surface area contributed by atoms with Crippen LogP contribution in [0.15, 0.2) is 46.9 Å². The summed E-state index contributed by atoms with van der Waals surface area (Å²) in [6.07, 6.45) is 0. The van der Waals surface area contributed by atoms with Gasteiger partial charge in [0.05, 0.1) is 19.3 Å². The molecule has 0 atom stereocenters. The van der Waals surface area contributed by atoms with Crippen LogP contribution >= 0.6 is 15.9 Å². The van der Waals surface area contributed by atoms with E-state index in [2.05, 4.69) is 15.9 Å². The maximum absolute atomic E-state index is 12.8. The third-order valence-electron chi connectivity index (χ3n) is 3.57. The van der Waals surface area contributed by atoms with Gasteiger partial charge in [-0.2, -0.15) is 0 Å². The van der Waals surface area contributed by atoms with E-state index >= 15 is 0 Å². The zero-order chi connectivity index (χ0) is 17.7. The van der Waals surface area contributed by atoms with Crippen molar-refractivity contribution in [2.45, 2.75) is 0 Å². The number of nitrogens with zero attached hydrogens (tertiary/aromatic N) is 1. The Balaban J connectivity index is 2.46. The Labute approximate surface area is 149 Å². The zero-order valence-corrected chi connectivity index (χ0v) is 15.0. The summed E-state index contributed by atoms with van der Waals surface area (Å²) in [5.74, 6) is -0.0121. The lowest BCUT2D eigenvalue weighted by Gasteiger charge is -2.18. The van der Waals surface area contributed by atoms with Crippen LogP contribution in [0, 0.1) is 0 Å². The number of aliphatic hydroxyl groups excluding tert-OH is 1. The van der Waals surface area contributed by atoms with Crippen LogP contribution in [0.4, 0.5) is 0 Å². The largest absolute Gasteiger partial charge is 0.497 e. The van der Waals surface area contributed by atoms with E-state index in [1.54, 1.807) is 49.5 Å². The van der Waals surface area contributed by atoms with E-state index in [4.69, 9.17) is 9.84 Å². The van der Waals surface area contributed by atoms with Crippen LogP contribution in [0.25, 0.3) is 0 Å². The Bertz CT molecular complexity index is 760. The quantitative estimate of drug-likeness (QED) is 0.768. The summed E-state index contributed by atoms with van der Waals surface area (Å²) in [5, 5.41) is 9.02. The van der Waals surface area contributed by atoms with Crippen molar-refractivity contribution in [3.63, 3.8) is 0 Å². The fourth-order valence-corrected chi connectivity index (χ4v) is 2.63. The molecular formula is C18H18BrNO4. The van der Waals surface area contributed by atoms with Crippen LogP contribution in [-0.2, 0) is 0 Å². The molecule has 24 heavy (non-hydrogen) atoms. The fourth-order valence-electron chi connectivity index (χ4n) is 2.27. The van der Waals surface area contributed by atoms with Gasteiger partial charge in [0.2, 0.25) is 0 Å². The smallest absolute Gasteiger partial charge is 0.254 e. The molecule has 1 N–H and O–H groups in total. The number of carbonyl (C=O) groups excluding carboxylic acids is 2. The predicted octanol–water partition coefficient (Wildman–Crippen LogP) is 2.75. The number of carbonyl (C=O) groups is 2. The molecule has 0 saturated heterocycles. The third kappa shape index (κ3) is 4.01. The molecule has 0 radical (unpaired) electrons. The Morgan fingerprint density at radius 1 is 1.17 bits per heavy atom. The lowest BCUT2D eigenvalue weighted by molar-refractivity contribution is 0.0762. The molecule has 0 unspecified atom stereocenters. The first-order valence-corrected chi connectivity index (χ1v) is 8.12. The summed E-state index contributed by atoms with van der Waals surface area (Å²) in [6.45, 7) is 0.0492. The van der Waals surface area contributed by atoms with Gasteiger partial charge < -0.3 is 14.7 Å². The van der Waals surface area contributed by atoms with Gasteiger partial charge in [0.1, 0.15) is 5.75 Å². The number of ketones is 1. The highest BCUT2D eigenvalue weighted by Crippen LogP contribution is 2.23. The van der Waals surface area contributed by atoms with Gasteiger partial charge in [-0.05, 0) is 30.3 Å². The number of amides is 1. The summed E-state index contributed by atoms with van der Waals surface area (Å²) in [7, 11) is 3.11. The summed E-state index contributed by atoms with van der Waals surface area (Å²) < 4.78 is 5.84. The van der Waals surface area contributed by atoms with E-state index in [1.807, 2.05) is 0 Å². The van der Waals surface area contributed by atoms with Crippen molar-refractivity contribution in [1.82, 2.24) is 4.90 Å². The first kappa shape index (κ1) is 18.2. The van der Waals surface area contributed by atoms with Crippen LogP contribution in [0.3, 0.4) is 0 Å². The summed E-state index contributed by atoms with van der Waals surface area (Å²) in [6, 6.07) is 11.7. The topological polar surface area (TPSA) is 66.8 Å². The molecule has 2 aromatic rings. The molecular weight excluding hydrogens is 374 g/mol. The lowest BCUT2D eigenvalue weighted by Crippen LogP contribution is -2.30. The van der Waals surface area contributed by atoms with Crippen molar-refractivity contribution >= 4 is 27.6 Å². The van der Waals surface area contributed by atoms with Gasteiger partial charge in [-0.1, -0.05) is 28.1 Å². The molecule has 0 aliphatic carbocycles. The number of benzene rings is 2. The van der Waals surface area contributed by atoms with Crippen LogP contribution < -0.4 is 4.74 Å². The molecule has 0 aliphatic rings. The van der Waals surface area contributed by atoms with Gasteiger partial charge in [0, 0.05) is 29.2 Å². The Morgan fingerprint density at radius 3 is 2.58 bits per heavy atom. The van der Waals surface area contributed by atoms with E-state index in [0.717, 1.165) is 0 Å². The molecule has 0 aliphatic heterocycles. The second kappa shape index (κ2) is 8.08. The monoisotopic (exact) mass is 391 g/mol. The SMILES string of the molecule is COc1cccc(C(=O)c2ccc(Br)cc2C(=O)N(C)CCO)c1. The Kier molecular flexibility index (Phi) is 6.11. The lowest BCUT2D eigenvalue weighted by atomic mass is 9.97. The number of hydrogen-bond donors (Lipinski definition) is 1. The number of rotatable bonds is 6. The average molecular weight is 392 g/mol. The van der Waals surface area contributed by atoms with Crippen molar-refractivity contribution in [2.24, 2.45) is 0 Å². The minimum absolute atomic E-state index is 0.143. The van der Waals surface area contributed by atoms with Crippen molar-refractivity contribution in [3.8, 4) is 5.75 Å². The minimum Gasteiger partial charge on any atom is -0.497 e. The van der Waals surface area contributed by atoms with E-state index in [9.17, 15) is 9.59 Å². The van der Waals surface area contributed by atoms with Crippen LogP contribution in [0.2, 0.25) is 0 Å². The standard InChI is InChI=1S/C18H18BrNO4/c1-20(8-9-21)18(23)16-11-13(19)6-7-15(16)17(22)12-4-3-5-14(10-12)24-2/h3-7,10-11,21H,8-9H2,1-2H3. The number of hydrogen-bond acceptors (Lipinski definition) is 4. The van der Waals surface area contributed by atoms with Gasteiger partial charge >= 0.3 is 0 Å². The van der Waals surface area contributed by atoms with Gasteiger partial charge in [-0.15, -0.1) is 0 Å². The predicted molar refractivity (Wildman–Crippen MR) is 94.6 cm³/mol. The number of aliphatic hydroxyl groups is 1. The normalized spacial score (nSPS) is 10.3. The fraction of sp³-hybridized carbons (Fsp3) is 0.222. The number of methoxy groups -OCH3 is 1. The summed E-state index contributed by atoms with van der Waals surface area (Å²) in [5.41, 5.74) is 1.03. The molecule has 2 aromatic carbocycles. The number of halogens is 1. The summed E-state index contributed by atoms with van der Waals surface area (Å²) in [4.78, 5) is 26.8. The third-order valence-corrected chi connectivity index (χ3v) is 4.06. The molecule has 2 rings (SSSR count). The zero-order valence-electron chi connectivity index (χ0n) is 13.5. The highest BCUT2D eigenvalue weighted by Gasteiger charge is 2.21. The van der Waals surface area contributed by atoms with Crippen molar-refractivity contribution in [1.29, 1.82) is 0 Å². The molecule has 0 aromatic heterocycles. The van der Waals surface area contributed by atoms with Gasteiger partial charge in [0.25, 0.3) is 5.91 Å². The van der Waals surface area contributed by atoms with E-state index in [0.29, 0.717) is 21.3 Å². The molecule has 0 heterocycles. The average Bonchev–Trinajstić information content (AvgIpc) is 2.60. The first-order valence-electron chi connectivity index (χ1n) is 7.32. The van der Waals surface area contributed by atoms with E-state index in [1.165, 1.54) is 12.0 Å². The van der Waals surface area contributed by atoms with Gasteiger partial charge in [-0.25, -0.2) is 0 Å². The molecule has 0 fully saturated rings. The van der Waals surface area contributed by atoms with Crippen LogP contribution in [-0.4, -0.2) is 49.0 Å². The molecule has 1 amide bonds. The first-order chi connectivity index (χ1) is 11.5. The second-order valence-electron chi connectivity index (χ2n) is 5.20. The van der Waals surface area contributed by atoms with Gasteiger partial charge in [0.15, 0.2) is 5.78 Å². The van der Waals surface area contributed by atoms with Crippen molar-refractivity contribution < 1.29 is 19.4 Å². The molecule has 126 valence electrons. The van der Waals surface area contributed by atoms with Crippen molar-refractivity contribution in [2.75, 3.05) is 27.3 Å². The Morgan fingerprint density at radius 2 is 1.92 bits per heavy atom. The van der Waals surface area contributed by atoms with E-state index in [-0.39, 0.29) is 30.4 Å². The second-order valence-corrected chi connectivity index (χ2v) is 6.12. The Hall–Kier alpha value is -2.18. The van der Waals surface area contributed by atoms with E-state index < -0.39 is 0 Å². The molecule has 0 spiro atoms. The van der Waals surface area contributed by atoms with Gasteiger partial charge in [-0.3, -0.25) is 9.59 Å². The molecule has 5 nitrogen and oxygen atoms in total. The molecule has 6 heteroatoms. The molecule has 0 bridgehead atoms. The van der Waals surface area contributed by atoms with Crippen LogP contribution in [0.5, 0.6) is 5.75 Å². The van der Waals surface area contributed by atoms with Crippen LogP contribution in [0.1, 0.15) is 26.3 Å². The maximum Gasteiger partial charge on any atom is 0.254 e. The maximum atomic E-state index is 12.8. The minimum atomic E-state index is -0.323. The highest BCUT2D eigenvalue weighted by atomic mass is 79.9. The highest BCUT2D eigenvalue weighted by molar-refractivity contribution is 9.10. The number of likely N-dealkylation sites (N-methyl/N-ethyl adjacent to an activating group) is 1. The summed E-state index contributed by atoms with van der Waals surface area (Å²) >= 11 is 3.33.